The number of nitrogens with two attached hydrogens (primary N) is 1. The van der Waals surface area contributed by atoms with Gasteiger partial charge in [0.25, 0.3) is 0 Å². The maximum absolute atomic E-state index is 5.85. The van der Waals surface area contributed by atoms with E-state index in [0.717, 1.165) is 36.4 Å². The van der Waals surface area contributed by atoms with Crippen LogP contribution in [-0.4, -0.2) is 31.7 Å². The molecule has 0 bridgehead atoms. The molecule has 1 aromatic carbocycles. The summed E-state index contributed by atoms with van der Waals surface area (Å²) in [6.45, 7) is 5.79. The lowest BCUT2D eigenvalue weighted by molar-refractivity contribution is 0.147. The number of likely N-dealkylation sites (N-methyl/N-ethyl adjacent to an activating group) is 1. The van der Waals surface area contributed by atoms with Gasteiger partial charge in [0.2, 0.25) is 0 Å². The molecular weight excluding hydrogens is 268 g/mol. The fraction of sp³-hybridized carbons (Fsp3) is 0.500. The number of nitrogen functional groups attached to an aromatic ring is 1. The van der Waals surface area contributed by atoms with E-state index >= 15 is 0 Å². The van der Waals surface area contributed by atoms with Crippen molar-refractivity contribution in [2.45, 2.75) is 13.5 Å². The second kappa shape index (κ2) is 6.89. The Labute approximate surface area is 106 Å². The number of halogens is 1. The Morgan fingerprint density at radius 3 is 2.75 bits per heavy atom. The van der Waals surface area contributed by atoms with Crippen LogP contribution in [0.25, 0.3) is 0 Å². The molecule has 0 fully saturated rings. The Bertz CT molecular complexity index is 331. The molecule has 1 rings (SSSR count). The Kier molecular flexibility index (Phi) is 5.80. The van der Waals surface area contributed by atoms with Crippen LogP contribution < -0.4 is 5.73 Å². The summed E-state index contributed by atoms with van der Waals surface area (Å²) in [7, 11) is 1.73. The minimum absolute atomic E-state index is 0.764. The molecule has 0 saturated carbocycles. The largest absolute Gasteiger partial charge is 0.398 e. The highest BCUT2D eigenvalue weighted by Crippen LogP contribution is 2.20. The summed E-state index contributed by atoms with van der Waals surface area (Å²) in [6.07, 6.45) is 0. The van der Waals surface area contributed by atoms with Crippen LogP contribution in [0.1, 0.15) is 12.5 Å². The molecule has 1 aromatic rings. The fourth-order valence-corrected chi connectivity index (χ4v) is 1.77. The standard InChI is InChI=1S/C12H19BrN2O/c1-3-15(6-7-16-2)9-10-4-5-11(13)12(14)8-10/h4-5,8H,3,6-7,9,14H2,1-2H3. The Morgan fingerprint density at radius 2 is 2.19 bits per heavy atom. The molecule has 0 heterocycles. The molecule has 0 aliphatic heterocycles. The molecular formula is C12H19BrN2O. The van der Waals surface area contributed by atoms with E-state index in [1.54, 1.807) is 7.11 Å². The summed E-state index contributed by atoms with van der Waals surface area (Å²) in [5.74, 6) is 0. The number of hydrogen-bond donors (Lipinski definition) is 1. The number of anilines is 1. The molecule has 4 heteroatoms. The van der Waals surface area contributed by atoms with Gasteiger partial charge in [0.05, 0.1) is 6.61 Å². The molecule has 0 aliphatic carbocycles. The second-order valence-electron chi connectivity index (χ2n) is 3.72. The van der Waals surface area contributed by atoms with Crippen LogP contribution in [0.15, 0.2) is 22.7 Å². The molecule has 2 N–H and O–H groups in total. The van der Waals surface area contributed by atoms with Crippen molar-refractivity contribution in [3.63, 3.8) is 0 Å². The lowest BCUT2D eigenvalue weighted by Crippen LogP contribution is -2.26. The second-order valence-corrected chi connectivity index (χ2v) is 4.57. The Balaban J connectivity index is 2.59. The van der Waals surface area contributed by atoms with Crippen molar-refractivity contribution in [3.05, 3.63) is 28.2 Å². The van der Waals surface area contributed by atoms with Gasteiger partial charge >= 0.3 is 0 Å². The first kappa shape index (κ1) is 13.5. The maximum Gasteiger partial charge on any atom is 0.0589 e. The highest BCUT2D eigenvalue weighted by Gasteiger charge is 2.04. The summed E-state index contributed by atoms with van der Waals surface area (Å²) < 4.78 is 6.04. The predicted molar refractivity (Wildman–Crippen MR) is 71.4 cm³/mol. The molecule has 3 nitrogen and oxygen atoms in total. The van der Waals surface area contributed by atoms with E-state index in [4.69, 9.17) is 10.5 Å². The van der Waals surface area contributed by atoms with Crippen molar-refractivity contribution in [2.75, 3.05) is 32.5 Å². The molecule has 0 atom stereocenters. The number of hydrogen-bond acceptors (Lipinski definition) is 3. The van der Waals surface area contributed by atoms with Crippen LogP contribution in [0.3, 0.4) is 0 Å². The van der Waals surface area contributed by atoms with E-state index in [9.17, 15) is 0 Å². The third kappa shape index (κ3) is 4.12. The molecule has 0 radical (unpaired) electrons. The number of rotatable bonds is 6. The zero-order valence-electron chi connectivity index (χ0n) is 9.87. The van der Waals surface area contributed by atoms with Crippen LogP contribution in [0.4, 0.5) is 5.69 Å². The van der Waals surface area contributed by atoms with E-state index in [1.165, 1.54) is 5.56 Å². The van der Waals surface area contributed by atoms with Gasteiger partial charge in [-0.2, -0.15) is 0 Å². The van der Waals surface area contributed by atoms with E-state index in [2.05, 4.69) is 33.8 Å². The zero-order valence-corrected chi connectivity index (χ0v) is 11.5. The average Bonchev–Trinajstić information content (AvgIpc) is 2.29. The van der Waals surface area contributed by atoms with Gasteiger partial charge in [-0.05, 0) is 40.2 Å². The summed E-state index contributed by atoms with van der Waals surface area (Å²) in [5, 5.41) is 0. The highest BCUT2D eigenvalue weighted by atomic mass is 79.9. The SMILES string of the molecule is CCN(CCOC)Cc1ccc(Br)c(N)c1. The van der Waals surface area contributed by atoms with E-state index < -0.39 is 0 Å². The first-order valence-electron chi connectivity index (χ1n) is 5.42. The van der Waals surface area contributed by atoms with Crippen LogP contribution in [0.2, 0.25) is 0 Å². The summed E-state index contributed by atoms with van der Waals surface area (Å²) in [6, 6.07) is 6.10. The van der Waals surface area contributed by atoms with Crippen molar-refractivity contribution in [1.29, 1.82) is 0 Å². The van der Waals surface area contributed by atoms with Gasteiger partial charge in [0.15, 0.2) is 0 Å². The Hall–Kier alpha value is -0.580. The third-order valence-electron chi connectivity index (χ3n) is 2.53. The van der Waals surface area contributed by atoms with Crippen molar-refractivity contribution in [2.24, 2.45) is 0 Å². The molecule has 0 amide bonds. The van der Waals surface area contributed by atoms with Crippen LogP contribution in [-0.2, 0) is 11.3 Å². The maximum atomic E-state index is 5.85. The molecule has 0 aliphatic rings. The van der Waals surface area contributed by atoms with Gasteiger partial charge in [0.1, 0.15) is 0 Å². The van der Waals surface area contributed by atoms with Gasteiger partial charge in [0, 0.05) is 30.4 Å². The first-order chi connectivity index (χ1) is 7.67. The van der Waals surface area contributed by atoms with E-state index in [-0.39, 0.29) is 0 Å². The average molecular weight is 287 g/mol. The quantitative estimate of drug-likeness (QED) is 0.817. The van der Waals surface area contributed by atoms with Gasteiger partial charge in [-0.1, -0.05) is 13.0 Å². The highest BCUT2D eigenvalue weighted by molar-refractivity contribution is 9.10. The molecule has 16 heavy (non-hydrogen) atoms. The summed E-state index contributed by atoms with van der Waals surface area (Å²) >= 11 is 3.40. The zero-order chi connectivity index (χ0) is 12.0. The van der Waals surface area contributed by atoms with Crippen molar-refractivity contribution in [3.8, 4) is 0 Å². The van der Waals surface area contributed by atoms with E-state index in [0.29, 0.717) is 0 Å². The minimum atomic E-state index is 0.764. The van der Waals surface area contributed by atoms with Gasteiger partial charge < -0.3 is 10.5 Å². The van der Waals surface area contributed by atoms with Crippen molar-refractivity contribution >= 4 is 21.6 Å². The third-order valence-corrected chi connectivity index (χ3v) is 3.25. The van der Waals surface area contributed by atoms with Crippen molar-refractivity contribution in [1.82, 2.24) is 4.90 Å². The summed E-state index contributed by atoms with van der Waals surface area (Å²) in [5.41, 5.74) is 7.87. The Morgan fingerprint density at radius 1 is 1.44 bits per heavy atom. The van der Waals surface area contributed by atoms with Gasteiger partial charge in [-0.25, -0.2) is 0 Å². The smallest absolute Gasteiger partial charge is 0.0589 e. The molecule has 0 unspecified atom stereocenters. The minimum Gasteiger partial charge on any atom is -0.398 e. The molecule has 0 saturated heterocycles. The monoisotopic (exact) mass is 286 g/mol. The number of ether oxygens (including phenoxy) is 1. The number of methoxy groups -OCH3 is 1. The lowest BCUT2D eigenvalue weighted by atomic mass is 10.2. The normalized spacial score (nSPS) is 11.0. The molecule has 0 aromatic heterocycles. The topological polar surface area (TPSA) is 38.5 Å². The lowest BCUT2D eigenvalue weighted by Gasteiger charge is -2.20. The van der Waals surface area contributed by atoms with Crippen LogP contribution in [0, 0.1) is 0 Å². The number of benzene rings is 1. The van der Waals surface area contributed by atoms with Gasteiger partial charge in [-0.15, -0.1) is 0 Å². The van der Waals surface area contributed by atoms with Crippen LogP contribution in [0.5, 0.6) is 0 Å². The van der Waals surface area contributed by atoms with Gasteiger partial charge in [-0.3, -0.25) is 4.90 Å². The fourth-order valence-electron chi connectivity index (χ4n) is 1.52. The van der Waals surface area contributed by atoms with E-state index in [1.807, 2.05) is 12.1 Å². The molecule has 90 valence electrons. The predicted octanol–water partition coefficient (Wildman–Crippen LogP) is 2.50. The summed E-state index contributed by atoms with van der Waals surface area (Å²) in [4.78, 5) is 2.33. The number of nitrogens with zero attached hydrogens (tertiary/aromatic N) is 1. The van der Waals surface area contributed by atoms with Crippen molar-refractivity contribution < 1.29 is 4.74 Å². The first-order valence-corrected chi connectivity index (χ1v) is 6.21. The van der Waals surface area contributed by atoms with Crippen LogP contribution >= 0.6 is 15.9 Å². The molecule has 0 spiro atoms.